The first kappa shape index (κ1) is 52.3. The average Bonchev–Trinajstić information content (AvgIpc) is 3.45. The van der Waals surface area contributed by atoms with Crippen molar-refractivity contribution in [1.82, 2.24) is 0 Å². The minimum atomic E-state index is -2.01. The molecule has 5 aliphatic heterocycles. The third kappa shape index (κ3) is 8.57. The Kier molecular flexibility index (Phi) is 13.0. The lowest BCUT2D eigenvalue weighted by Crippen LogP contribution is -2.60. The van der Waals surface area contributed by atoms with Gasteiger partial charge >= 0.3 is 0 Å². The molecule has 5 aromatic rings. The summed E-state index contributed by atoms with van der Waals surface area (Å²) in [6, 6.07) is 14.4. The molecule has 0 aromatic heterocycles. The summed E-state index contributed by atoms with van der Waals surface area (Å²) < 4.78 is 47.4. The van der Waals surface area contributed by atoms with Gasteiger partial charge in [-0.2, -0.15) is 0 Å². The molecule has 0 bridgehead atoms. The number of phenols is 8. The fraction of sp³-hybridized carbons (Fsp3) is 0.273. The monoisotopic (exact) mass is 1100 g/mol. The predicted octanol–water partition coefficient (Wildman–Crippen LogP) is 3.17. The van der Waals surface area contributed by atoms with E-state index >= 15 is 0 Å². The maximum atomic E-state index is 12.8. The summed E-state index contributed by atoms with van der Waals surface area (Å²) in [5.74, 6) is -8.62. The van der Waals surface area contributed by atoms with E-state index in [9.17, 15) is 81.7 Å². The number of fused-ring (bicyclic) bond motifs is 2. The zero-order chi connectivity index (χ0) is 56.2. The molecular formula is C55H51O24+. The summed E-state index contributed by atoms with van der Waals surface area (Å²) in [5, 5.41) is 179. The average molecular weight is 1100 g/mol. The standard InChI is InChI=1S/C55H50O24/c1-72-36-9-20(10-37(73-2)44(36)67)51-53(79-55-48(71)47(70)45(68)38(17-56)76-55)23-14-35(74-33-11-21(57)12-34(75-51)39(23)33)40-29(63)16-31(65)42-43(46(69)50(78-54(40)42)19-4-6-25(59)28(62)8-19)41-30(64)15-26(60)22-13-32(66)49(77-52(22)41)18-3-5-24(58)27(61)7-18/h3-12,14-16,32,38,43,45-50,54-71H,13,17H2,1-2H3/p+1. The highest BCUT2D eigenvalue weighted by molar-refractivity contribution is 5.98. The molecule has 11 rings (SSSR count). The summed E-state index contributed by atoms with van der Waals surface area (Å²) in [6.45, 7) is -0.847. The molecule has 17 N–H and O–H groups in total. The number of phenolic OH excluding ortho intramolecular Hbond substituents is 8. The molecule has 6 aliphatic rings. The van der Waals surface area contributed by atoms with Crippen LogP contribution in [0.15, 0.2) is 105 Å². The zero-order valence-electron chi connectivity index (χ0n) is 41.2. The number of benzene rings is 5. The van der Waals surface area contributed by atoms with Crippen molar-refractivity contribution >= 4 is 16.7 Å². The smallest absolute Gasteiger partial charge is 0.229 e. The maximum absolute atomic E-state index is 12.8. The van der Waals surface area contributed by atoms with Crippen molar-refractivity contribution in [3.05, 3.63) is 124 Å². The van der Waals surface area contributed by atoms with Gasteiger partial charge in [-0.15, -0.1) is 0 Å². The SMILES string of the molecule is COc1cc(-c2oc3cc(O)cc4oc(=C5C(O)=CC(O)=C6C5[OH+]C(c5ccc(O)c(O)c5)C(O)C6c5c(O)cc(O)c6c5OC(c5ccc(O)c(O)c5)C(O)C6)cc(c2OC2OC(CO)C(O)C(O)C2O)-c34)cc(OC)c1O. The summed E-state index contributed by atoms with van der Waals surface area (Å²) in [7, 11) is 2.52. The van der Waals surface area contributed by atoms with Crippen molar-refractivity contribution in [2.75, 3.05) is 20.8 Å². The molecule has 2 saturated heterocycles. The third-order valence-corrected chi connectivity index (χ3v) is 14.7. The minimum Gasteiger partial charge on any atom is -0.508 e. The van der Waals surface area contributed by atoms with Crippen LogP contribution < -0.4 is 24.4 Å². The van der Waals surface area contributed by atoms with E-state index in [-0.39, 0.29) is 102 Å². The summed E-state index contributed by atoms with van der Waals surface area (Å²) in [5.41, 5.74) is -1.23. The largest absolute Gasteiger partial charge is 0.508 e. The summed E-state index contributed by atoms with van der Waals surface area (Å²) >= 11 is 0. The predicted molar refractivity (Wildman–Crippen MR) is 269 cm³/mol. The van der Waals surface area contributed by atoms with Crippen molar-refractivity contribution in [3.63, 3.8) is 0 Å². The van der Waals surface area contributed by atoms with Crippen LogP contribution in [-0.4, -0.2) is 156 Å². The molecule has 0 radical (unpaired) electrons. The van der Waals surface area contributed by atoms with Gasteiger partial charge in [0.15, 0.2) is 46.0 Å². The van der Waals surface area contributed by atoms with Crippen LogP contribution in [0, 0.1) is 0 Å². The molecule has 5 heterocycles. The van der Waals surface area contributed by atoms with Gasteiger partial charge < -0.3 is 119 Å². The van der Waals surface area contributed by atoms with E-state index < -0.39 is 131 Å². The van der Waals surface area contributed by atoms with Gasteiger partial charge in [0.1, 0.15) is 93.3 Å². The number of aliphatic hydroxyl groups excluding tert-OH is 8. The van der Waals surface area contributed by atoms with Crippen molar-refractivity contribution in [2.24, 2.45) is 0 Å². The van der Waals surface area contributed by atoms with Crippen LogP contribution in [0.4, 0.5) is 0 Å². The lowest BCUT2D eigenvalue weighted by Gasteiger charge is -2.42. The number of ether oxygens (including phenoxy) is 6. The third-order valence-electron chi connectivity index (χ3n) is 14.7. The second-order valence-corrected chi connectivity index (χ2v) is 19.3. The molecule has 414 valence electrons. The van der Waals surface area contributed by atoms with Gasteiger partial charge in [0.2, 0.25) is 24.2 Å². The van der Waals surface area contributed by atoms with E-state index in [1.54, 1.807) is 0 Å². The topological polar surface area (TPSA) is 409 Å². The fourth-order valence-corrected chi connectivity index (χ4v) is 10.8. The van der Waals surface area contributed by atoms with E-state index in [2.05, 4.69) is 0 Å². The van der Waals surface area contributed by atoms with Crippen LogP contribution in [0.5, 0.6) is 69.0 Å². The number of allylic oxidation sites excluding steroid dienone is 1. The Hall–Kier alpha value is -8.72. The molecule has 11 unspecified atom stereocenters. The quantitative estimate of drug-likeness (QED) is 0.0729. The van der Waals surface area contributed by atoms with Crippen LogP contribution >= 0.6 is 0 Å². The molecule has 0 spiro atoms. The Bertz CT molecular complexity index is 3660. The first-order valence-corrected chi connectivity index (χ1v) is 24.3. The Morgan fingerprint density at radius 1 is 0.658 bits per heavy atom. The first-order valence-electron chi connectivity index (χ1n) is 24.3. The molecule has 79 heavy (non-hydrogen) atoms. The van der Waals surface area contributed by atoms with Crippen LogP contribution in [0.1, 0.15) is 40.4 Å². The van der Waals surface area contributed by atoms with Crippen LogP contribution in [0.25, 0.3) is 39.2 Å². The van der Waals surface area contributed by atoms with E-state index in [4.69, 9.17) is 37.3 Å². The lowest BCUT2D eigenvalue weighted by atomic mass is 9.72. The van der Waals surface area contributed by atoms with Crippen molar-refractivity contribution in [3.8, 4) is 91.4 Å². The minimum absolute atomic E-state index is 0.0352. The van der Waals surface area contributed by atoms with Gasteiger partial charge in [-0.05, 0) is 54.1 Å². The molecule has 2 fully saturated rings. The Labute approximate surface area is 444 Å². The highest BCUT2D eigenvalue weighted by atomic mass is 16.7. The maximum Gasteiger partial charge on any atom is 0.229 e. The molecule has 11 atom stereocenters. The molecular weight excluding hydrogens is 1040 g/mol. The zero-order valence-corrected chi connectivity index (χ0v) is 41.2. The number of aromatic hydroxyl groups is 8. The van der Waals surface area contributed by atoms with E-state index in [0.717, 1.165) is 36.4 Å². The molecule has 24 heteroatoms. The highest BCUT2D eigenvalue weighted by Gasteiger charge is 2.55. The number of aliphatic hydroxyl groups is 10. The normalized spacial score (nSPS) is 26.5. The van der Waals surface area contributed by atoms with Crippen molar-refractivity contribution in [1.29, 1.82) is 0 Å². The van der Waals surface area contributed by atoms with E-state index in [1.807, 2.05) is 0 Å². The first-order chi connectivity index (χ1) is 37.7. The Morgan fingerprint density at radius 3 is 1.95 bits per heavy atom. The lowest BCUT2D eigenvalue weighted by molar-refractivity contribution is -0.277. The second kappa shape index (κ2) is 19.6. The van der Waals surface area contributed by atoms with Gasteiger partial charge in [0, 0.05) is 58.5 Å². The fourth-order valence-electron chi connectivity index (χ4n) is 10.8. The van der Waals surface area contributed by atoms with E-state index in [1.165, 1.54) is 56.7 Å². The molecule has 5 aromatic carbocycles. The number of hydrogen-bond acceptors (Lipinski definition) is 23. The van der Waals surface area contributed by atoms with Crippen LogP contribution in [0.3, 0.4) is 0 Å². The Morgan fingerprint density at radius 2 is 1.30 bits per heavy atom. The molecule has 24 nitrogen and oxygen atoms in total. The van der Waals surface area contributed by atoms with Gasteiger partial charge in [0.25, 0.3) is 0 Å². The second-order valence-electron chi connectivity index (χ2n) is 19.3. The van der Waals surface area contributed by atoms with Gasteiger partial charge in [0.05, 0.1) is 44.0 Å². The highest BCUT2D eigenvalue weighted by Crippen LogP contribution is 2.57. The molecule has 1 aliphatic carbocycles. The van der Waals surface area contributed by atoms with Gasteiger partial charge in [-0.1, -0.05) is 6.07 Å². The van der Waals surface area contributed by atoms with Gasteiger partial charge in [-0.25, -0.2) is 0 Å². The van der Waals surface area contributed by atoms with Crippen molar-refractivity contribution < 1.29 is 119 Å². The van der Waals surface area contributed by atoms with Crippen molar-refractivity contribution in [2.45, 2.75) is 73.6 Å². The number of methoxy groups -OCH3 is 2. The summed E-state index contributed by atoms with van der Waals surface area (Å²) in [4.78, 5) is 0. The molecule has 0 saturated carbocycles. The Balaban J connectivity index is 1.19. The van der Waals surface area contributed by atoms with Gasteiger partial charge in [-0.3, -0.25) is 0 Å². The van der Waals surface area contributed by atoms with Crippen LogP contribution in [-0.2, 0) is 11.2 Å². The number of hydrogen-bond donors (Lipinski definition) is 16. The van der Waals surface area contributed by atoms with Crippen LogP contribution in [0.2, 0.25) is 0 Å². The number of rotatable bonds is 9. The summed E-state index contributed by atoms with van der Waals surface area (Å²) in [6.07, 6.45) is -16.4. The molecule has 0 amide bonds. The van der Waals surface area contributed by atoms with E-state index in [0.29, 0.717) is 0 Å².